The van der Waals surface area contributed by atoms with Crippen LogP contribution in [0.15, 0.2) is 78.9 Å². The number of carbonyl (C=O) groups is 2. The molecule has 1 aliphatic rings. The van der Waals surface area contributed by atoms with E-state index in [1.54, 1.807) is 30.2 Å². The van der Waals surface area contributed by atoms with Crippen LogP contribution in [0.4, 0.5) is 16.2 Å². The van der Waals surface area contributed by atoms with Crippen molar-refractivity contribution in [2.75, 3.05) is 23.9 Å². The lowest BCUT2D eigenvalue weighted by Gasteiger charge is -2.25. The number of benzene rings is 3. The minimum atomic E-state index is -0.813. The Morgan fingerprint density at radius 1 is 0.933 bits per heavy atom. The molecular weight excluding hydrogens is 378 g/mol. The number of ether oxygens (including phenoxy) is 1. The Hall–Kier alpha value is -3.80. The summed E-state index contributed by atoms with van der Waals surface area (Å²) in [6, 6.07) is 23.0. The van der Waals surface area contributed by atoms with Gasteiger partial charge in [-0.05, 0) is 35.7 Å². The van der Waals surface area contributed by atoms with Crippen molar-refractivity contribution in [1.29, 1.82) is 0 Å². The van der Waals surface area contributed by atoms with Gasteiger partial charge in [0.15, 0.2) is 0 Å². The average molecular weight is 401 g/mol. The summed E-state index contributed by atoms with van der Waals surface area (Å²) in [5, 5.41) is 5.62. The van der Waals surface area contributed by atoms with E-state index in [9.17, 15) is 9.59 Å². The first-order chi connectivity index (χ1) is 14.7. The number of anilines is 2. The molecule has 3 amide bonds. The van der Waals surface area contributed by atoms with E-state index in [4.69, 9.17) is 4.74 Å². The van der Waals surface area contributed by atoms with Gasteiger partial charge in [-0.1, -0.05) is 60.7 Å². The first kappa shape index (κ1) is 19.5. The Morgan fingerprint density at radius 3 is 2.43 bits per heavy atom. The van der Waals surface area contributed by atoms with Crippen LogP contribution in [0.25, 0.3) is 0 Å². The maximum Gasteiger partial charge on any atom is 0.320 e. The largest absolute Gasteiger partial charge is 0.495 e. The summed E-state index contributed by atoms with van der Waals surface area (Å²) in [6.07, 6.45) is 0.802. The van der Waals surface area contributed by atoms with Gasteiger partial charge in [0, 0.05) is 12.2 Å². The summed E-state index contributed by atoms with van der Waals surface area (Å²) in [6.45, 7) is 0.595. The van der Waals surface area contributed by atoms with Gasteiger partial charge in [0.05, 0.1) is 12.8 Å². The van der Waals surface area contributed by atoms with Crippen LogP contribution in [-0.4, -0.2) is 25.6 Å². The van der Waals surface area contributed by atoms with Gasteiger partial charge in [-0.3, -0.25) is 4.79 Å². The molecule has 4 rings (SSSR count). The summed E-state index contributed by atoms with van der Waals surface area (Å²) in [7, 11) is 1.54. The Morgan fingerprint density at radius 2 is 1.63 bits per heavy atom. The third-order valence-corrected chi connectivity index (χ3v) is 5.16. The fraction of sp³-hybridized carbons (Fsp3) is 0.167. The smallest absolute Gasteiger partial charge is 0.320 e. The van der Waals surface area contributed by atoms with Gasteiger partial charge in [-0.2, -0.15) is 0 Å². The molecule has 0 aromatic heterocycles. The first-order valence-electron chi connectivity index (χ1n) is 9.82. The number of fused-ring (bicyclic) bond motifs is 1. The molecule has 3 aromatic rings. The van der Waals surface area contributed by atoms with Crippen LogP contribution in [0.1, 0.15) is 17.2 Å². The number of urea groups is 1. The number of carbonyl (C=O) groups excluding carboxylic acids is 2. The van der Waals surface area contributed by atoms with E-state index in [0.29, 0.717) is 18.0 Å². The van der Waals surface area contributed by atoms with Crippen LogP contribution in [0.2, 0.25) is 0 Å². The molecule has 0 saturated heterocycles. The standard InChI is InChI=1S/C24H23N3O3/c1-30-21-14-8-6-12-19(21)25-24(29)26-22(18-10-3-2-4-11-18)23(28)27-16-15-17-9-5-7-13-20(17)27/h2-14,22H,15-16H2,1H3,(H2,25,26,29)/t22-/m1/s1. The molecule has 1 atom stereocenters. The van der Waals surface area contributed by atoms with E-state index in [2.05, 4.69) is 10.6 Å². The zero-order chi connectivity index (χ0) is 20.9. The zero-order valence-electron chi connectivity index (χ0n) is 16.7. The molecule has 0 saturated carbocycles. The highest BCUT2D eigenvalue weighted by atomic mass is 16.5. The lowest BCUT2D eigenvalue weighted by Crippen LogP contribution is -2.43. The van der Waals surface area contributed by atoms with Crippen molar-refractivity contribution in [3.8, 4) is 5.75 Å². The predicted molar refractivity (Wildman–Crippen MR) is 117 cm³/mol. The van der Waals surface area contributed by atoms with Crippen molar-refractivity contribution >= 4 is 23.3 Å². The third kappa shape index (κ3) is 3.98. The monoisotopic (exact) mass is 401 g/mol. The number of para-hydroxylation sites is 3. The minimum Gasteiger partial charge on any atom is -0.495 e. The van der Waals surface area contributed by atoms with E-state index in [0.717, 1.165) is 23.2 Å². The quantitative estimate of drug-likeness (QED) is 0.675. The summed E-state index contributed by atoms with van der Waals surface area (Å²) < 4.78 is 5.29. The fourth-order valence-electron chi connectivity index (χ4n) is 3.69. The van der Waals surface area contributed by atoms with E-state index in [1.807, 2.05) is 60.7 Å². The second-order valence-electron chi connectivity index (χ2n) is 7.01. The number of nitrogens with one attached hydrogen (secondary N) is 2. The number of amides is 3. The first-order valence-corrected chi connectivity index (χ1v) is 9.82. The van der Waals surface area contributed by atoms with E-state index < -0.39 is 12.1 Å². The zero-order valence-corrected chi connectivity index (χ0v) is 16.7. The van der Waals surface area contributed by atoms with Gasteiger partial charge < -0.3 is 20.3 Å². The molecule has 30 heavy (non-hydrogen) atoms. The predicted octanol–water partition coefficient (Wildman–Crippen LogP) is 4.15. The molecule has 1 aliphatic heterocycles. The van der Waals surface area contributed by atoms with Crippen LogP contribution in [-0.2, 0) is 11.2 Å². The maximum absolute atomic E-state index is 13.5. The van der Waals surface area contributed by atoms with Gasteiger partial charge in [-0.25, -0.2) is 4.79 Å². The summed E-state index contributed by atoms with van der Waals surface area (Å²) in [4.78, 5) is 28.0. The van der Waals surface area contributed by atoms with Crippen molar-refractivity contribution in [1.82, 2.24) is 5.32 Å². The maximum atomic E-state index is 13.5. The van der Waals surface area contributed by atoms with Crippen molar-refractivity contribution in [2.24, 2.45) is 0 Å². The lowest BCUT2D eigenvalue weighted by molar-refractivity contribution is -0.120. The minimum absolute atomic E-state index is 0.165. The van der Waals surface area contributed by atoms with Crippen LogP contribution in [0.3, 0.4) is 0 Å². The molecule has 152 valence electrons. The lowest BCUT2D eigenvalue weighted by atomic mass is 10.1. The molecule has 1 heterocycles. The average Bonchev–Trinajstić information content (AvgIpc) is 3.22. The second kappa shape index (κ2) is 8.69. The van der Waals surface area contributed by atoms with Gasteiger partial charge >= 0.3 is 6.03 Å². The Bertz CT molecular complexity index is 1050. The van der Waals surface area contributed by atoms with Crippen molar-refractivity contribution in [3.63, 3.8) is 0 Å². The topological polar surface area (TPSA) is 70.7 Å². The van der Waals surface area contributed by atoms with Gasteiger partial charge in [-0.15, -0.1) is 0 Å². The van der Waals surface area contributed by atoms with Crippen molar-refractivity contribution < 1.29 is 14.3 Å². The van der Waals surface area contributed by atoms with E-state index >= 15 is 0 Å². The molecule has 6 nitrogen and oxygen atoms in total. The Labute approximate surface area is 175 Å². The van der Waals surface area contributed by atoms with E-state index in [-0.39, 0.29) is 5.91 Å². The molecule has 0 bridgehead atoms. The Balaban J connectivity index is 1.58. The SMILES string of the molecule is COc1ccccc1NC(=O)N[C@@H](C(=O)N1CCc2ccccc21)c1ccccc1. The molecular formula is C24H23N3O3. The number of hydrogen-bond acceptors (Lipinski definition) is 3. The summed E-state index contributed by atoms with van der Waals surface area (Å²) >= 11 is 0. The van der Waals surface area contributed by atoms with Gasteiger partial charge in [0.1, 0.15) is 11.8 Å². The van der Waals surface area contributed by atoms with Crippen molar-refractivity contribution in [2.45, 2.75) is 12.5 Å². The molecule has 0 aliphatic carbocycles. The normalized spacial score (nSPS) is 13.3. The fourth-order valence-corrected chi connectivity index (χ4v) is 3.69. The highest BCUT2D eigenvalue weighted by molar-refractivity contribution is 6.02. The van der Waals surface area contributed by atoms with Crippen LogP contribution in [0, 0.1) is 0 Å². The molecule has 0 radical (unpaired) electrons. The highest BCUT2D eigenvalue weighted by Gasteiger charge is 2.32. The van der Waals surface area contributed by atoms with Gasteiger partial charge in [0.25, 0.3) is 5.91 Å². The van der Waals surface area contributed by atoms with Crippen LogP contribution in [0.5, 0.6) is 5.75 Å². The van der Waals surface area contributed by atoms with Gasteiger partial charge in [0.2, 0.25) is 0 Å². The van der Waals surface area contributed by atoms with Crippen LogP contribution >= 0.6 is 0 Å². The molecule has 0 unspecified atom stereocenters. The molecule has 3 aromatic carbocycles. The van der Waals surface area contributed by atoms with Crippen LogP contribution < -0.4 is 20.3 Å². The molecule has 6 heteroatoms. The number of hydrogen-bond donors (Lipinski definition) is 2. The van der Waals surface area contributed by atoms with Crippen molar-refractivity contribution in [3.05, 3.63) is 90.0 Å². The molecule has 0 fully saturated rings. The number of rotatable bonds is 5. The Kier molecular flexibility index (Phi) is 5.66. The third-order valence-electron chi connectivity index (χ3n) is 5.16. The number of nitrogens with zero attached hydrogens (tertiary/aromatic N) is 1. The second-order valence-corrected chi connectivity index (χ2v) is 7.01. The summed E-state index contributed by atoms with van der Waals surface area (Å²) in [5.41, 5.74) is 3.29. The molecule has 0 spiro atoms. The number of methoxy groups -OCH3 is 1. The van der Waals surface area contributed by atoms with E-state index in [1.165, 1.54) is 0 Å². The summed E-state index contributed by atoms with van der Waals surface area (Å²) in [5.74, 6) is 0.380. The highest BCUT2D eigenvalue weighted by Crippen LogP contribution is 2.30. The molecule has 2 N–H and O–H groups in total.